The van der Waals surface area contributed by atoms with E-state index in [1.165, 1.54) is 64.2 Å². The van der Waals surface area contributed by atoms with Gasteiger partial charge in [0, 0.05) is 5.54 Å². The minimum atomic E-state index is -0.590. The number of allylic oxidation sites excluding steroid dienone is 4. The molecule has 4 heteroatoms. The topological polar surface area (TPSA) is 41.5 Å². The van der Waals surface area contributed by atoms with Crippen LogP contribution in [0.25, 0.3) is 0 Å². The molecular formula is C38H60FNO2. The molecule has 9 atom stereocenters. The molecule has 1 heterocycles. The summed E-state index contributed by atoms with van der Waals surface area (Å²) in [5.41, 5.74) is 4.20. The second-order valence-electron chi connectivity index (χ2n) is 17.8. The Morgan fingerprint density at radius 1 is 0.881 bits per heavy atom. The molecule has 0 aromatic rings. The van der Waals surface area contributed by atoms with Crippen LogP contribution < -0.4 is 5.32 Å². The van der Waals surface area contributed by atoms with E-state index in [0.717, 1.165) is 55.9 Å². The van der Waals surface area contributed by atoms with Crippen molar-refractivity contribution in [2.45, 2.75) is 136 Å². The number of alkyl halides is 1. The van der Waals surface area contributed by atoms with Crippen molar-refractivity contribution in [3.8, 4) is 0 Å². The fourth-order valence-corrected chi connectivity index (χ4v) is 13.3. The van der Waals surface area contributed by atoms with Gasteiger partial charge in [-0.3, -0.25) is 4.39 Å². The SMILES string of the molecule is CC1(C)C(C2=CCC(CF)CC2)=CCC2(C)C1CCC1(C)C2CCC2[C@H]3CCCC3(NCCC3(O)COC3)CC[C@]21C. The number of nitrogens with one attached hydrogen (secondary N) is 1. The number of hydrogen-bond donors (Lipinski definition) is 2. The highest BCUT2D eigenvalue weighted by atomic mass is 19.1. The van der Waals surface area contributed by atoms with E-state index in [2.05, 4.69) is 52.1 Å². The van der Waals surface area contributed by atoms with E-state index in [9.17, 15) is 9.50 Å². The Hall–Kier alpha value is -0.710. The Balaban J connectivity index is 1.13. The van der Waals surface area contributed by atoms with Gasteiger partial charge in [-0.1, -0.05) is 53.2 Å². The van der Waals surface area contributed by atoms with Gasteiger partial charge in [0.15, 0.2) is 0 Å². The fourth-order valence-electron chi connectivity index (χ4n) is 13.3. The summed E-state index contributed by atoms with van der Waals surface area (Å²) in [6.07, 6.45) is 22.4. The maximum Gasteiger partial charge on any atom is 0.112 e. The number of fused-ring (bicyclic) bond motifs is 7. The molecule has 0 aromatic heterocycles. The van der Waals surface area contributed by atoms with E-state index in [1.807, 2.05) is 0 Å². The Labute approximate surface area is 255 Å². The molecule has 7 aliphatic rings. The van der Waals surface area contributed by atoms with Gasteiger partial charge in [0.25, 0.3) is 0 Å². The highest BCUT2D eigenvalue weighted by Gasteiger charge is 2.69. The molecule has 0 aromatic carbocycles. The molecule has 5 fully saturated rings. The predicted molar refractivity (Wildman–Crippen MR) is 169 cm³/mol. The summed E-state index contributed by atoms with van der Waals surface area (Å²) in [5, 5.41) is 14.8. The van der Waals surface area contributed by atoms with Crippen LogP contribution in [0.4, 0.5) is 4.39 Å². The lowest BCUT2D eigenvalue weighted by Crippen LogP contribution is -2.67. The normalized spacial score (nSPS) is 49.0. The molecule has 7 unspecified atom stereocenters. The standard InChI is InChI=1S/C38H60FNO2/c1-33(2)28(27-10-8-26(23-39)9-11-27)14-17-34(3)31(33)15-18-36(5)32(34)13-12-29-30-7-6-16-38(30,20-19-35(29,36)4)40-22-21-37(41)24-42-25-37/h10,14,26,29-32,40-41H,6-9,11-13,15-25H2,1-5H3/t26?,29?,30-,31?,32?,34?,35-,36?,38?/m1/s1. The molecule has 6 aliphatic carbocycles. The van der Waals surface area contributed by atoms with Gasteiger partial charge in [0.05, 0.1) is 19.9 Å². The molecule has 0 radical (unpaired) electrons. The molecule has 0 bridgehead atoms. The van der Waals surface area contributed by atoms with E-state index < -0.39 is 5.60 Å². The molecule has 4 saturated carbocycles. The number of rotatable bonds is 6. The maximum absolute atomic E-state index is 13.4. The van der Waals surface area contributed by atoms with Crippen LogP contribution >= 0.6 is 0 Å². The number of aliphatic hydroxyl groups is 1. The van der Waals surface area contributed by atoms with Crippen LogP contribution in [0.15, 0.2) is 23.3 Å². The summed E-state index contributed by atoms with van der Waals surface area (Å²) in [7, 11) is 0. The van der Waals surface area contributed by atoms with Gasteiger partial charge in [-0.2, -0.15) is 0 Å². The van der Waals surface area contributed by atoms with Crippen molar-refractivity contribution in [2.24, 2.45) is 51.2 Å². The Morgan fingerprint density at radius 3 is 2.38 bits per heavy atom. The molecule has 236 valence electrons. The van der Waals surface area contributed by atoms with Crippen molar-refractivity contribution < 1.29 is 14.2 Å². The lowest BCUT2D eigenvalue weighted by molar-refractivity contribution is -0.219. The summed E-state index contributed by atoms with van der Waals surface area (Å²) in [6.45, 7) is 15.1. The molecule has 42 heavy (non-hydrogen) atoms. The van der Waals surface area contributed by atoms with Crippen molar-refractivity contribution in [3.05, 3.63) is 23.3 Å². The highest BCUT2D eigenvalue weighted by molar-refractivity contribution is 5.41. The maximum atomic E-state index is 13.4. The molecule has 7 rings (SSSR count). The van der Waals surface area contributed by atoms with Crippen molar-refractivity contribution >= 4 is 0 Å². The first kappa shape index (κ1) is 30.0. The van der Waals surface area contributed by atoms with Crippen LogP contribution in [0, 0.1) is 51.2 Å². The second-order valence-corrected chi connectivity index (χ2v) is 17.8. The van der Waals surface area contributed by atoms with Gasteiger partial charge < -0.3 is 15.2 Å². The third-order valence-electron chi connectivity index (χ3n) is 15.8. The Kier molecular flexibility index (Phi) is 7.24. The average Bonchev–Trinajstić information content (AvgIpc) is 3.36. The van der Waals surface area contributed by atoms with Crippen molar-refractivity contribution in [1.29, 1.82) is 0 Å². The zero-order valence-corrected chi connectivity index (χ0v) is 27.5. The van der Waals surface area contributed by atoms with Crippen molar-refractivity contribution in [2.75, 3.05) is 26.4 Å². The van der Waals surface area contributed by atoms with Crippen LogP contribution in [0.1, 0.15) is 125 Å². The van der Waals surface area contributed by atoms with E-state index in [0.29, 0.717) is 29.5 Å². The van der Waals surface area contributed by atoms with E-state index >= 15 is 0 Å². The number of halogens is 1. The highest BCUT2D eigenvalue weighted by Crippen LogP contribution is 2.76. The quantitative estimate of drug-likeness (QED) is 0.330. The first-order valence-corrected chi connectivity index (χ1v) is 17.9. The fraction of sp³-hybridized carbons (Fsp3) is 0.895. The molecule has 1 saturated heterocycles. The Morgan fingerprint density at radius 2 is 1.69 bits per heavy atom. The van der Waals surface area contributed by atoms with Crippen LogP contribution in [0.3, 0.4) is 0 Å². The van der Waals surface area contributed by atoms with Gasteiger partial charge in [0.1, 0.15) is 5.60 Å². The minimum absolute atomic E-state index is 0.163. The van der Waals surface area contributed by atoms with Crippen LogP contribution in [0.5, 0.6) is 0 Å². The van der Waals surface area contributed by atoms with Crippen molar-refractivity contribution in [3.63, 3.8) is 0 Å². The van der Waals surface area contributed by atoms with Gasteiger partial charge in [-0.05, 0) is 152 Å². The van der Waals surface area contributed by atoms with Gasteiger partial charge in [-0.25, -0.2) is 0 Å². The second kappa shape index (κ2) is 10.1. The smallest absolute Gasteiger partial charge is 0.112 e. The number of hydrogen-bond acceptors (Lipinski definition) is 3. The summed E-state index contributed by atoms with van der Waals surface area (Å²) in [5.74, 6) is 3.35. The Bertz CT molecular complexity index is 1120. The molecule has 1 aliphatic heterocycles. The molecule has 2 N–H and O–H groups in total. The van der Waals surface area contributed by atoms with E-state index in [4.69, 9.17) is 4.74 Å². The first-order chi connectivity index (χ1) is 19.9. The summed E-state index contributed by atoms with van der Waals surface area (Å²) in [4.78, 5) is 0. The number of ether oxygens (including phenoxy) is 1. The zero-order valence-electron chi connectivity index (χ0n) is 27.5. The van der Waals surface area contributed by atoms with Gasteiger partial charge in [-0.15, -0.1) is 0 Å². The lowest BCUT2D eigenvalue weighted by atomic mass is 9.33. The van der Waals surface area contributed by atoms with Gasteiger partial charge in [0.2, 0.25) is 0 Å². The summed E-state index contributed by atoms with van der Waals surface area (Å²) in [6, 6.07) is 0. The third-order valence-corrected chi connectivity index (χ3v) is 15.8. The minimum Gasteiger partial charge on any atom is -0.385 e. The zero-order chi connectivity index (χ0) is 29.6. The van der Waals surface area contributed by atoms with Crippen LogP contribution in [0.2, 0.25) is 0 Å². The van der Waals surface area contributed by atoms with E-state index in [-0.39, 0.29) is 23.5 Å². The lowest BCUT2D eigenvalue weighted by Gasteiger charge is -2.72. The van der Waals surface area contributed by atoms with Gasteiger partial charge >= 0.3 is 0 Å². The summed E-state index contributed by atoms with van der Waals surface area (Å²) >= 11 is 0. The predicted octanol–water partition coefficient (Wildman–Crippen LogP) is 8.57. The monoisotopic (exact) mass is 581 g/mol. The van der Waals surface area contributed by atoms with Crippen molar-refractivity contribution in [1.82, 2.24) is 5.32 Å². The molecular weight excluding hydrogens is 521 g/mol. The summed E-state index contributed by atoms with van der Waals surface area (Å²) < 4.78 is 18.7. The largest absolute Gasteiger partial charge is 0.385 e. The molecule has 0 spiro atoms. The molecule has 0 amide bonds. The first-order valence-electron chi connectivity index (χ1n) is 17.9. The molecule has 3 nitrogen and oxygen atoms in total. The van der Waals surface area contributed by atoms with E-state index in [1.54, 1.807) is 11.1 Å². The average molecular weight is 582 g/mol. The third kappa shape index (κ3) is 4.19. The van der Waals surface area contributed by atoms with Crippen LogP contribution in [-0.2, 0) is 4.74 Å². The van der Waals surface area contributed by atoms with Crippen LogP contribution in [-0.4, -0.2) is 42.7 Å².